The van der Waals surface area contributed by atoms with Crippen LogP contribution < -0.4 is 10.2 Å². The van der Waals surface area contributed by atoms with Gasteiger partial charge in [-0.15, -0.1) is 0 Å². The molecule has 0 atom stereocenters. The number of para-hydroxylation sites is 1. The van der Waals surface area contributed by atoms with Gasteiger partial charge in [0.1, 0.15) is 0 Å². The van der Waals surface area contributed by atoms with Crippen LogP contribution in [0.2, 0.25) is 5.02 Å². The van der Waals surface area contributed by atoms with E-state index >= 15 is 0 Å². The molecule has 4 nitrogen and oxygen atoms in total. The fourth-order valence-corrected chi connectivity index (χ4v) is 3.44. The molecule has 0 radical (unpaired) electrons. The van der Waals surface area contributed by atoms with Crippen molar-refractivity contribution >= 4 is 39.8 Å². The first-order valence-electron chi connectivity index (χ1n) is 9.26. The molecule has 5 heteroatoms. The highest BCUT2D eigenvalue weighted by atomic mass is 35.5. The van der Waals surface area contributed by atoms with Crippen LogP contribution in [0.15, 0.2) is 78.9 Å². The SMILES string of the molecule is CN(C)c1ccc(NC(=O)c2cc(-c3ccccc3Cl)nc3ccccc23)cc1. The second kappa shape index (κ2) is 7.94. The number of aromatic nitrogens is 1. The minimum atomic E-state index is -0.186. The van der Waals surface area contributed by atoms with E-state index in [-0.39, 0.29) is 5.91 Å². The first-order valence-corrected chi connectivity index (χ1v) is 9.64. The molecule has 1 aromatic heterocycles. The Labute approximate surface area is 174 Å². The normalized spacial score (nSPS) is 10.7. The first kappa shape index (κ1) is 19.0. The number of hydrogen-bond donors (Lipinski definition) is 1. The van der Waals surface area contributed by atoms with E-state index in [1.54, 1.807) is 6.07 Å². The van der Waals surface area contributed by atoms with Gasteiger partial charge in [0.25, 0.3) is 5.91 Å². The third-order valence-corrected chi connectivity index (χ3v) is 5.08. The Kier molecular flexibility index (Phi) is 5.19. The minimum absolute atomic E-state index is 0.186. The largest absolute Gasteiger partial charge is 0.378 e. The lowest BCUT2D eigenvalue weighted by molar-refractivity contribution is 0.102. The molecule has 144 valence electrons. The van der Waals surface area contributed by atoms with Gasteiger partial charge in [-0.25, -0.2) is 4.98 Å². The highest BCUT2D eigenvalue weighted by molar-refractivity contribution is 6.33. The minimum Gasteiger partial charge on any atom is -0.378 e. The zero-order valence-corrected chi connectivity index (χ0v) is 16.9. The van der Waals surface area contributed by atoms with Gasteiger partial charge in [-0.05, 0) is 42.5 Å². The molecule has 0 saturated heterocycles. The number of fused-ring (bicyclic) bond motifs is 1. The van der Waals surface area contributed by atoms with Gasteiger partial charge in [-0.3, -0.25) is 4.79 Å². The summed E-state index contributed by atoms with van der Waals surface area (Å²) in [5.41, 5.74) is 4.58. The first-order chi connectivity index (χ1) is 14.0. The van der Waals surface area contributed by atoms with Crippen molar-refractivity contribution in [3.63, 3.8) is 0 Å². The summed E-state index contributed by atoms with van der Waals surface area (Å²) in [5.74, 6) is -0.186. The van der Waals surface area contributed by atoms with E-state index in [9.17, 15) is 4.79 Å². The Morgan fingerprint density at radius 3 is 2.34 bits per heavy atom. The summed E-state index contributed by atoms with van der Waals surface area (Å²) in [7, 11) is 3.96. The molecular weight excluding hydrogens is 382 g/mol. The van der Waals surface area contributed by atoms with E-state index in [0.717, 1.165) is 27.8 Å². The average molecular weight is 402 g/mol. The van der Waals surface area contributed by atoms with E-state index in [0.29, 0.717) is 16.3 Å². The molecule has 0 aliphatic carbocycles. The molecule has 1 heterocycles. The highest BCUT2D eigenvalue weighted by Gasteiger charge is 2.15. The molecule has 3 aromatic carbocycles. The fraction of sp³-hybridized carbons (Fsp3) is 0.0833. The summed E-state index contributed by atoms with van der Waals surface area (Å²) in [5, 5.41) is 4.39. The Balaban J connectivity index is 1.75. The molecule has 1 N–H and O–H groups in total. The Morgan fingerprint density at radius 2 is 1.62 bits per heavy atom. The van der Waals surface area contributed by atoms with Gasteiger partial charge in [0.2, 0.25) is 0 Å². The number of hydrogen-bond acceptors (Lipinski definition) is 3. The summed E-state index contributed by atoms with van der Waals surface area (Å²) in [6, 6.07) is 24.6. The predicted molar refractivity (Wildman–Crippen MR) is 121 cm³/mol. The Morgan fingerprint density at radius 1 is 0.931 bits per heavy atom. The van der Waals surface area contributed by atoms with E-state index in [4.69, 9.17) is 16.6 Å². The molecule has 1 amide bonds. The quantitative estimate of drug-likeness (QED) is 0.465. The van der Waals surface area contributed by atoms with Crippen LogP contribution in [0.3, 0.4) is 0 Å². The zero-order chi connectivity index (χ0) is 20.4. The molecule has 0 unspecified atom stereocenters. The number of nitrogens with zero attached hydrogens (tertiary/aromatic N) is 2. The number of anilines is 2. The van der Waals surface area contributed by atoms with Crippen molar-refractivity contribution in [2.75, 3.05) is 24.3 Å². The van der Waals surface area contributed by atoms with Crippen molar-refractivity contribution in [1.29, 1.82) is 0 Å². The van der Waals surface area contributed by atoms with Crippen LogP contribution >= 0.6 is 11.6 Å². The van der Waals surface area contributed by atoms with Gasteiger partial charge in [0.05, 0.1) is 16.8 Å². The van der Waals surface area contributed by atoms with Crippen molar-refractivity contribution in [3.8, 4) is 11.3 Å². The molecular formula is C24H20ClN3O. The number of halogens is 1. The topological polar surface area (TPSA) is 45.2 Å². The van der Waals surface area contributed by atoms with Crippen LogP contribution in [0.1, 0.15) is 10.4 Å². The van der Waals surface area contributed by atoms with Crippen molar-refractivity contribution in [3.05, 3.63) is 89.4 Å². The summed E-state index contributed by atoms with van der Waals surface area (Å²) < 4.78 is 0. The average Bonchev–Trinajstić information content (AvgIpc) is 2.73. The van der Waals surface area contributed by atoms with E-state index in [1.165, 1.54) is 0 Å². The molecule has 0 aliphatic heterocycles. The monoisotopic (exact) mass is 401 g/mol. The maximum atomic E-state index is 13.1. The predicted octanol–water partition coefficient (Wildman–Crippen LogP) is 5.87. The van der Waals surface area contributed by atoms with Crippen molar-refractivity contribution in [2.45, 2.75) is 0 Å². The summed E-state index contributed by atoms with van der Waals surface area (Å²) >= 11 is 6.37. The number of rotatable bonds is 4. The van der Waals surface area contributed by atoms with Crippen LogP contribution in [0.5, 0.6) is 0 Å². The molecule has 4 rings (SSSR count). The van der Waals surface area contributed by atoms with Crippen molar-refractivity contribution in [2.24, 2.45) is 0 Å². The van der Waals surface area contributed by atoms with Gasteiger partial charge >= 0.3 is 0 Å². The Hall–Kier alpha value is -3.37. The lowest BCUT2D eigenvalue weighted by Crippen LogP contribution is -2.13. The van der Waals surface area contributed by atoms with Crippen molar-refractivity contribution in [1.82, 2.24) is 4.98 Å². The maximum Gasteiger partial charge on any atom is 0.256 e. The number of amides is 1. The van der Waals surface area contributed by atoms with E-state index in [2.05, 4.69) is 5.32 Å². The summed E-state index contributed by atoms with van der Waals surface area (Å²) in [6.45, 7) is 0. The molecule has 0 spiro atoms. The molecule has 4 aromatic rings. The number of benzene rings is 3. The van der Waals surface area contributed by atoms with Gasteiger partial charge in [-0.2, -0.15) is 0 Å². The van der Waals surface area contributed by atoms with Crippen LogP contribution in [-0.4, -0.2) is 25.0 Å². The lowest BCUT2D eigenvalue weighted by Gasteiger charge is -2.14. The second-order valence-corrected chi connectivity index (χ2v) is 7.35. The van der Waals surface area contributed by atoms with E-state index < -0.39 is 0 Å². The van der Waals surface area contributed by atoms with Gasteiger partial charge in [-0.1, -0.05) is 48.0 Å². The van der Waals surface area contributed by atoms with E-state index in [1.807, 2.05) is 91.8 Å². The molecule has 0 bridgehead atoms. The number of nitrogens with one attached hydrogen (secondary N) is 1. The molecule has 0 saturated carbocycles. The molecule has 0 aliphatic rings. The second-order valence-electron chi connectivity index (χ2n) is 6.95. The molecule has 0 fully saturated rings. The standard InChI is InChI=1S/C24H20ClN3O/c1-28(2)17-13-11-16(12-14-17)26-24(29)20-15-23(19-8-3-5-9-21(19)25)27-22-10-6-4-7-18(20)22/h3-15H,1-2H3,(H,26,29). The smallest absolute Gasteiger partial charge is 0.256 e. The lowest BCUT2D eigenvalue weighted by atomic mass is 10.0. The number of carbonyl (C=O) groups is 1. The summed E-state index contributed by atoms with van der Waals surface area (Å²) in [4.78, 5) is 19.9. The maximum absolute atomic E-state index is 13.1. The van der Waals surface area contributed by atoms with Crippen molar-refractivity contribution < 1.29 is 4.79 Å². The number of carbonyl (C=O) groups excluding carboxylic acids is 1. The van der Waals surface area contributed by atoms with Gasteiger partial charge in [0, 0.05) is 41.4 Å². The molecule has 29 heavy (non-hydrogen) atoms. The van der Waals surface area contributed by atoms with Gasteiger partial charge < -0.3 is 10.2 Å². The fourth-order valence-electron chi connectivity index (χ4n) is 3.21. The summed E-state index contributed by atoms with van der Waals surface area (Å²) in [6.07, 6.45) is 0. The third kappa shape index (κ3) is 3.93. The van der Waals surface area contributed by atoms with Crippen LogP contribution in [0, 0.1) is 0 Å². The van der Waals surface area contributed by atoms with Gasteiger partial charge in [0.15, 0.2) is 0 Å². The highest BCUT2D eigenvalue weighted by Crippen LogP contribution is 2.30. The third-order valence-electron chi connectivity index (χ3n) is 4.75. The van der Waals surface area contributed by atoms with Crippen LogP contribution in [-0.2, 0) is 0 Å². The van der Waals surface area contributed by atoms with Crippen LogP contribution in [0.4, 0.5) is 11.4 Å². The zero-order valence-electron chi connectivity index (χ0n) is 16.2. The number of pyridine rings is 1. The van der Waals surface area contributed by atoms with Crippen LogP contribution in [0.25, 0.3) is 22.2 Å². The Bertz CT molecular complexity index is 1190.